The van der Waals surface area contributed by atoms with E-state index >= 15 is 0 Å². The van der Waals surface area contributed by atoms with Crippen LogP contribution in [0.25, 0.3) is 10.9 Å². The third-order valence-corrected chi connectivity index (χ3v) is 3.85. The molecule has 0 unspecified atom stereocenters. The summed E-state index contributed by atoms with van der Waals surface area (Å²) in [6.45, 7) is 0. The number of rotatable bonds is 2. The largest absolute Gasteiger partial charge is 0.236 e. The van der Waals surface area contributed by atoms with Crippen LogP contribution in [-0.4, -0.2) is 9.97 Å². The van der Waals surface area contributed by atoms with Crippen LogP contribution in [0, 0.1) is 5.82 Å². The molecule has 0 saturated carbocycles. The Labute approximate surface area is 118 Å². The predicted molar refractivity (Wildman–Crippen MR) is 75.1 cm³/mol. The monoisotopic (exact) mass is 290 g/mol. The van der Waals surface area contributed by atoms with Crippen LogP contribution in [0.2, 0.25) is 5.02 Å². The quantitative estimate of drug-likeness (QED) is 0.646. The van der Waals surface area contributed by atoms with Crippen molar-refractivity contribution in [1.82, 2.24) is 9.97 Å². The smallest absolute Gasteiger partial charge is 0.123 e. The van der Waals surface area contributed by atoms with Crippen molar-refractivity contribution in [1.29, 1.82) is 0 Å². The second-order valence-corrected chi connectivity index (χ2v) is 5.39. The highest BCUT2D eigenvalue weighted by Gasteiger charge is 2.06. The molecule has 0 aliphatic heterocycles. The summed E-state index contributed by atoms with van der Waals surface area (Å²) in [5, 5.41) is 2.34. The van der Waals surface area contributed by atoms with Gasteiger partial charge >= 0.3 is 0 Å². The maximum Gasteiger partial charge on any atom is 0.123 e. The average molecular weight is 291 g/mol. The van der Waals surface area contributed by atoms with Crippen molar-refractivity contribution < 1.29 is 4.39 Å². The number of benzene rings is 2. The van der Waals surface area contributed by atoms with Gasteiger partial charge in [0, 0.05) is 15.3 Å². The molecule has 0 amide bonds. The van der Waals surface area contributed by atoms with Crippen molar-refractivity contribution in [3.8, 4) is 0 Å². The zero-order chi connectivity index (χ0) is 13.2. The lowest BCUT2D eigenvalue weighted by atomic mass is 10.2. The first-order valence-corrected chi connectivity index (χ1v) is 6.75. The minimum atomic E-state index is -0.250. The van der Waals surface area contributed by atoms with E-state index in [9.17, 15) is 4.39 Å². The summed E-state index contributed by atoms with van der Waals surface area (Å²) in [5.41, 5.74) is 0.837. The molecular formula is C14H8ClFN2S. The van der Waals surface area contributed by atoms with E-state index in [0.717, 1.165) is 20.8 Å². The summed E-state index contributed by atoms with van der Waals surface area (Å²) in [6, 6.07) is 11.8. The van der Waals surface area contributed by atoms with Crippen LogP contribution in [0.1, 0.15) is 0 Å². The molecule has 2 nitrogen and oxygen atoms in total. The Balaban J connectivity index is 2.05. The molecule has 0 aliphatic rings. The van der Waals surface area contributed by atoms with Crippen LogP contribution in [-0.2, 0) is 0 Å². The van der Waals surface area contributed by atoms with Gasteiger partial charge in [0.15, 0.2) is 0 Å². The molecule has 1 aromatic heterocycles. The molecule has 0 bridgehead atoms. The van der Waals surface area contributed by atoms with E-state index < -0.39 is 0 Å². The van der Waals surface area contributed by atoms with Gasteiger partial charge in [-0.2, -0.15) is 0 Å². The Hall–Kier alpha value is -1.65. The lowest BCUT2D eigenvalue weighted by Crippen LogP contribution is -1.87. The van der Waals surface area contributed by atoms with Crippen molar-refractivity contribution in [3.63, 3.8) is 0 Å². The second kappa shape index (κ2) is 5.15. The number of fused-ring (bicyclic) bond motifs is 1. The van der Waals surface area contributed by atoms with Gasteiger partial charge in [0.25, 0.3) is 0 Å². The Morgan fingerprint density at radius 2 is 1.79 bits per heavy atom. The number of hydrogen-bond donors (Lipinski definition) is 0. The van der Waals surface area contributed by atoms with Gasteiger partial charge in [-0.15, -0.1) is 0 Å². The number of aromatic nitrogens is 2. The van der Waals surface area contributed by atoms with E-state index in [-0.39, 0.29) is 5.82 Å². The molecule has 2 aromatic carbocycles. The Morgan fingerprint density at radius 3 is 2.58 bits per heavy atom. The molecule has 1 heterocycles. The van der Waals surface area contributed by atoms with Gasteiger partial charge in [-0.3, -0.25) is 0 Å². The molecule has 3 rings (SSSR count). The summed E-state index contributed by atoms with van der Waals surface area (Å²) in [6.07, 6.45) is 1.52. The van der Waals surface area contributed by atoms with Crippen molar-refractivity contribution in [2.24, 2.45) is 0 Å². The minimum absolute atomic E-state index is 0.250. The van der Waals surface area contributed by atoms with Crippen LogP contribution in [0.15, 0.2) is 58.7 Å². The topological polar surface area (TPSA) is 25.8 Å². The predicted octanol–water partition coefficient (Wildman–Crippen LogP) is 4.57. The Bertz CT molecular complexity index is 731. The maximum absolute atomic E-state index is 12.9. The van der Waals surface area contributed by atoms with Gasteiger partial charge in [-0.25, -0.2) is 14.4 Å². The second-order valence-electron chi connectivity index (χ2n) is 3.90. The average Bonchev–Trinajstić information content (AvgIpc) is 2.42. The van der Waals surface area contributed by atoms with Crippen LogP contribution >= 0.6 is 23.4 Å². The molecule has 19 heavy (non-hydrogen) atoms. The standard InChI is InChI=1S/C14H8ClFN2S/c15-9-1-6-13-12(7-9)14(18-8-17-13)19-11-4-2-10(16)3-5-11/h1-8H. The molecule has 0 saturated heterocycles. The van der Waals surface area contributed by atoms with Gasteiger partial charge in [-0.1, -0.05) is 23.4 Å². The molecule has 94 valence electrons. The highest BCUT2D eigenvalue weighted by atomic mass is 35.5. The summed E-state index contributed by atoms with van der Waals surface area (Å²) < 4.78 is 12.9. The maximum atomic E-state index is 12.9. The third-order valence-electron chi connectivity index (χ3n) is 2.59. The van der Waals surface area contributed by atoms with Gasteiger partial charge in [0.2, 0.25) is 0 Å². The summed E-state index contributed by atoms with van der Waals surface area (Å²) in [7, 11) is 0. The van der Waals surface area contributed by atoms with Crippen molar-refractivity contribution >= 4 is 34.3 Å². The van der Waals surface area contributed by atoms with Crippen molar-refractivity contribution in [2.75, 3.05) is 0 Å². The van der Waals surface area contributed by atoms with E-state index in [1.54, 1.807) is 18.2 Å². The molecule has 0 N–H and O–H groups in total. The summed E-state index contributed by atoms with van der Waals surface area (Å²) in [5.74, 6) is -0.250. The summed E-state index contributed by atoms with van der Waals surface area (Å²) >= 11 is 7.46. The molecular weight excluding hydrogens is 283 g/mol. The fourth-order valence-corrected chi connectivity index (χ4v) is 2.74. The fraction of sp³-hybridized carbons (Fsp3) is 0. The van der Waals surface area contributed by atoms with Crippen molar-refractivity contribution in [2.45, 2.75) is 9.92 Å². The molecule has 3 aromatic rings. The highest BCUT2D eigenvalue weighted by molar-refractivity contribution is 7.99. The molecule has 0 atom stereocenters. The molecule has 0 fully saturated rings. The first-order valence-electron chi connectivity index (χ1n) is 5.56. The number of nitrogens with zero attached hydrogens (tertiary/aromatic N) is 2. The van der Waals surface area contributed by atoms with Gasteiger partial charge in [0.05, 0.1) is 5.52 Å². The Kier molecular flexibility index (Phi) is 3.36. The zero-order valence-electron chi connectivity index (χ0n) is 9.68. The van der Waals surface area contributed by atoms with E-state index in [1.165, 1.54) is 30.2 Å². The minimum Gasteiger partial charge on any atom is -0.236 e. The van der Waals surface area contributed by atoms with Crippen molar-refractivity contribution in [3.05, 3.63) is 59.6 Å². The highest BCUT2D eigenvalue weighted by Crippen LogP contribution is 2.32. The molecule has 0 radical (unpaired) electrons. The van der Waals surface area contributed by atoms with Crippen LogP contribution in [0.3, 0.4) is 0 Å². The molecule has 0 aliphatic carbocycles. The van der Waals surface area contributed by atoms with E-state index in [2.05, 4.69) is 9.97 Å². The van der Waals surface area contributed by atoms with E-state index in [1.807, 2.05) is 12.1 Å². The number of hydrogen-bond acceptors (Lipinski definition) is 3. The van der Waals surface area contributed by atoms with Gasteiger partial charge in [0.1, 0.15) is 17.2 Å². The van der Waals surface area contributed by atoms with Crippen LogP contribution < -0.4 is 0 Å². The number of halogens is 2. The first-order chi connectivity index (χ1) is 9.22. The van der Waals surface area contributed by atoms with Gasteiger partial charge in [-0.05, 0) is 42.5 Å². The van der Waals surface area contributed by atoms with E-state index in [0.29, 0.717) is 5.02 Å². The van der Waals surface area contributed by atoms with Gasteiger partial charge < -0.3 is 0 Å². The first kappa shape index (κ1) is 12.4. The lowest BCUT2D eigenvalue weighted by molar-refractivity contribution is 0.626. The van der Waals surface area contributed by atoms with Crippen LogP contribution in [0.4, 0.5) is 4.39 Å². The lowest BCUT2D eigenvalue weighted by Gasteiger charge is -2.05. The zero-order valence-corrected chi connectivity index (χ0v) is 11.2. The third kappa shape index (κ3) is 2.69. The molecule has 0 spiro atoms. The Morgan fingerprint density at radius 1 is 1.00 bits per heavy atom. The SMILES string of the molecule is Fc1ccc(Sc2ncnc3ccc(Cl)cc23)cc1. The summed E-state index contributed by atoms with van der Waals surface area (Å²) in [4.78, 5) is 9.38. The van der Waals surface area contributed by atoms with E-state index in [4.69, 9.17) is 11.6 Å². The van der Waals surface area contributed by atoms with Crippen LogP contribution in [0.5, 0.6) is 0 Å². The normalized spacial score (nSPS) is 10.8. The fourth-order valence-electron chi connectivity index (χ4n) is 1.70. The molecule has 5 heteroatoms.